The topological polar surface area (TPSA) is 133 Å². The molecule has 8 nitrogen and oxygen atoms in total. The van der Waals surface area contributed by atoms with E-state index in [-0.39, 0.29) is 62.8 Å². The van der Waals surface area contributed by atoms with Crippen LogP contribution in [0.5, 0.6) is 0 Å². The van der Waals surface area contributed by atoms with Gasteiger partial charge in [0.2, 0.25) is 20.8 Å². The normalized spacial score (nSPS) is 12.7. The van der Waals surface area contributed by atoms with Gasteiger partial charge in [-0.25, -0.2) is 16.8 Å². The van der Waals surface area contributed by atoms with Crippen LogP contribution in [0.15, 0.2) is 24.3 Å². The summed E-state index contributed by atoms with van der Waals surface area (Å²) in [4.78, 5) is 0. The van der Waals surface area contributed by atoms with Crippen LogP contribution in [-0.2, 0) is 29.2 Å². The summed E-state index contributed by atoms with van der Waals surface area (Å²) in [6.45, 7) is 9.10. The largest absolute Gasteiger partial charge is 2.00 e. The second kappa shape index (κ2) is 83.1. The number of hydrogen-bond donors (Lipinski definition) is 0. The van der Waals surface area contributed by atoms with E-state index in [1.54, 1.807) is 0 Å². The predicted molar refractivity (Wildman–Crippen MR) is 408 cm³/mol. The van der Waals surface area contributed by atoms with E-state index >= 15 is 0 Å². The van der Waals surface area contributed by atoms with E-state index in [1.807, 2.05) is 0 Å². The maximum Gasteiger partial charge on any atom is 2.00 e. The molecule has 0 amide bonds. The Morgan fingerprint density at radius 3 is 0.527 bits per heavy atom. The fourth-order valence-corrected chi connectivity index (χ4v) is 14.0. The summed E-state index contributed by atoms with van der Waals surface area (Å²) in [5, 5.41) is 0. The second-order valence-electron chi connectivity index (χ2n) is 28.8. The Morgan fingerprint density at radius 1 is 0.237 bits per heavy atom. The van der Waals surface area contributed by atoms with Gasteiger partial charge < -0.3 is 9.11 Å². The van der Waals surface area contributed by atoms with Crippen molar-refractivity contribution in [2.24, 2.45) is 11.8 Å². The van der Waals surface area contributed by atoms with E-state index in [1.165, 1.54) is 411 Å². The summed E-state index contributed by atoms with van der Waals surface area (Å²) in [6, 6.07) is 0. The average Bonchev–Trinajstić information content (AvgIpc) is 3.75. The molecule has 0 aliphatic rings. The minimum Gasteiger partial charge on any atom is -0.726 e. The van der Waals surface area contributed by atoms with Crippen LogP contribution in [-0.4, -0.2) is 76.9 Å². The summed E-state index contributed by atoms with van der Waals surface area (Å²) >= 11 is 0. The summed E-state index contributed by atoms with van der Waals surface area (Å²) < 4.78 is 75.3. The van der Waals surface area contributed by atoms with Crippen molar-refractivity contribution >= 4 is 58.5 Å². The van der Waals surface area contributed by atoms with Crippen LogP contribution in [0.4, 0.5) is 0 Å². The molecule has 93 heavy (non-hydrogen) atoms. The molecule has 0 rings (SSSR count). The van der Waals surface area contributed by atoms with Crippen molar-refractivity contribution in [3.8, 4) is 0 Å². The first-order valence-corrected chi connectivity index (χ1v) is 44.2. The molecule has 11 heteroatoms. The standard InChI is InChI=1S/2C41H82O4S.Ca/c2*1-3-5-7-9-11-13-15-17-19-20-21-22-23-25-27-29-31-33-35-37-39-41(40-45-46(42,43)44)38-36-34-32-30-28-26-24-18-16-14-12-10-8-6-4-2;/h2*37,39,41H,3-36,38,40H2,1-2H3,(H,42,43,44);/q;;+2/p-2/b2*39-37+;. The Kier molecular flexibility index (Phi) is 87.3. The van der Waals surface area contributed by atoms with E-state index in [4.69, 9.17) is 0 Å². The molecule has 0 bridgehead atoms. The molecule has 0 aliphatic heterocycles. The number of unbranched alkanes of at least 4 members (excludes halogenated alkanes) is 64. The zero-order valence-electron chi connectivity index (χ0n) is 63.2. The van der Waals surface area contributed by atoms with Gasteiger partial charge in [-0.05, 0) is 38.5 Å². The van der Waals surface area contributed by atoms with Crippen LogP contribution >= 0.6 is 0 Å². The monoisotopic (exact) mass is 1380 g/mol. The van der Waals surface area contributed by atoms with Crippen molar-refractivity contribution in [2.45, 2.75) is 477 Å². The molecule has 552 valence electrons. The summed E-state index contributed by atoms with van der Waals surface area (Å²) in [7, 11) is -9.25. The Morgan fingerprint density at radius 2 is 0.376 bits per heavy atom. The van der Waals surface area contributed by atoms with E-state index in [0.29, 0.717) is 0 Å². The van der Waals surface area contributed by atoms with Crippen LogP contribution < -0.4 is 0 Å². The van der Waals surface area contributed by atoms with Crippen molar-refractivity contribution in [2.75, 3.05) is 13.2 Å². The third-order valence-electron chi connectivity index (χ3n) is 19.5. The Balaban J connectivity index is -0.00000172. The first-order valence-electron chi connectivity index (χ1n) is 41.5. The van der Waals surface area contributed by atoms with E-state index in [9.17, 15) is 25.9 Å². The number of allylic oxidation sites excluding steroid dienone is 2. The molecule has 0 fully saturated rings. The Labute approximate surface area is 614 Å². The van der Waals surface area contributed by atoms with Crippen LogP contribution in [0.25, 0.3) is 0 Å². The van der Waals surface area contributed by atoms with Gasteiger partial charge in [0, 0.05) is 11.8 Å². The molecule has 2 unspecified atom stereocenters. The molecular formula is C82H162CaO8S2. The van der Waals surface area contributed by atoms with Crippen molar-refractivity contribution in [1.29, 1.82) is 0 Å². The third-order valence-corrected chi connectivity index (χ3v) is 20.3. The fourth-order valence-electron chi connectivity index (χ4n) is 13.3. The number of hydrogen-bond acceptors (Lipinski definition) is 8. The predicted octanol–water partition coefficient (Wildman–Crippen LogP) is 28.3. The van der Waals surface area contributed by atoms with Crippen molar-refractivity contribution < 1.29 is 34.3 Å². The van der Waals surface area contributed by atoms with Gasteiger partial charge in [0.15, 0.2) is 0 Å². The Bertz CT molecular complexity index is 1540. The molecule has 0 heterocycles. The van der Waals surface area contributed by atoms with Gasteiger partial charge in [-0.1, -0.05) is 463 Å². The van der Waals surface area contributed by atoms with Crippen molar-refractivity contribution in [3.05, 3.63) is 24.3 Å². The SMILES string of the molecule is CCCCCCCCCCCCCCCCCCCC/C=C/C(CCCCCCCCCCCCCCCCC)COS(=O)(=O)[O-].CCCCCCCCCCCCCCCCCCCC/C=C/C(CCCCCCCCCCCCCCCCC)COS(=O)(=O)[O-].[Ca+2]. The zero-order chi connectivity index (χ0) is 67.3. The molecule has 0 saturated heterocycles. The molecule has 0 aromatic heterocycles. The molecular weight excluding hydrogens is 1220 g/mol. The maximum atomic E-state index is 11.0. The van der Waals surface area contributed by atoms with E-state index in [0.717, 1.165) is 38.5 Å². The first kappa shape index (κ1) is 97.7. The summed E-state index contributed by atoms with van der Waals surface area (Å²) in [5.74, 6) is 0.0301. The van der Waals surface area contributed by atoms with Gasteiger partial charge in [0.05, 0.1) is 13.2 Å². The van der Waals surface area contributed by atoms with E-state index < -0.39 is 20.8 Å². The maximum absolute atomic E-state index is 11.0. The van der Waals surface area contributed by atoms with Crippen LogP contribution in [0, 0.1) is 11.8 Å². The molecule has 0 spiro atoms. The van der Waals surface area contributed by atoms with Crippen molar-refractivity contribution in [3.63, 3.8) is 0 Å². The molecule has 0 saturated carbocycles. The van der Waals surface area contributed by atoms with Gasteiger partial charge >= 0.3 is 37.7 Å². The number of rotatable bonds is 78. The quantitative estimate of drug-likeness (QED) is 0.0193. The third kappa shape index (κ3) is 92.5. The molecule has 0 aromatic carbocycles. The minimum absolute atomic E-state index is 0. The molecule has 0 aliphatic carbocycles. The van der Waals surface area contributed by atoms with Crippen LogP contribution in [0.1, 0.15) is 477 Å². The molecule has 0 N–H and O–H groups in total. The Hall–Kier alpha value is 0.480. The molecule has 0 aromatic rings. The molecule has 2 atom stereocenters. The van der Waals surface area contributed by atoms with Gasteiger partial charge in [-0.15, -0.1) is 0 Å². The van der Waals surface area contributed by atoms with E-state index in [2.05, 4.69) is 60.4 Å². The average molecular weight is 1380 g/mol. The summed E-state index contributed by atoms with van der Waals surface area (Å²) in [6.07, 6.45) is 102. The van der Waals surface area contributed by atoms with Crippen molar-refractivity contribution in [1.82, 2.24) is 0 Å². The van der Waals surface area contributed by atoms with Crippen LogP contribution in [0.3, 0.4) is 0 Å². The fraction of sp³-hybridized carbons (Fsp3) is 0.951. The van der Waals surface area contributed by atoms with Gasteiger partial charge in [0.1, 0.15) is 0 Å². The second-order valence-corrected chi connectivity index (χ2v) is 30.9. The first-order chi connectivity index (χ1) is 45.0. The minimum atomic E-state index is -4.63. The molecule has 0 radical (unpaired) electrons. The zero-order valence-corrected chi connectivity index (χ0v) is 67.0. The smallest absolute Gasteiger partial charge is 0.726 e. The van der Waals surface area contributed by atoms with Gasteiger partial charge in [-0.2, -0.15) is 0 Å². The summed E-state index contributed by atoms with van der Waals surface area (Å²) in [5.41, 5.74) is 0. The van der Waals surface area contributed by atoms with Gasteiger partial charge in [-0.3, -0.25) is 8.37 Å². The van der Waals surface area contributed by atoms with Crippen LogP contribution in [0.2, 0.25) is 0 Å². The van der Waals surface area contributed by atoms with Gasteiger partial charge in [0.25, 0.3) is 0 Å².